The predicted octanol–water partition coefficient (Wildman–Crippen LogP) is 0.738. The van der Waals surface area contributed by atoms with Crippen molar-refractivity contribution in [3.8, 4) is 0 Å². The van der Waals surface area contributed by atoms with Crippen molar-refractivity contribution in [3.05, 3.63) is 12.7 Å². The summed E-state index contributed by atoms with van der Waals surface area (Å²) in [6.45, 7) is 5.83. The van der Waals surface area contributed by atoms with Crippen LogP contribution >= 0.6 is 0 Å². The molecule has 14 heavy (non-hydrogen) atoms. The Kier molecular flexibility index (Phi) is 4.62. The number of aliphatic carboxylic acids is 1. The minimum Gasteiger partial charge on any atom is -0.480 e. The lowest BCUT2D eigenvalue weighted by atomic mass is 10.1. The van der Waals surface area contributed by atoms with Crippen molar-refractivity contribution in [2.45, 2.75) is 18.9 Å². The Balaban J connectivity index is 2.46. The second kappa shape index (κ2) is 5.78. The van der Waals surface area contributed by atoms with Crippen molar-refractivity contribution in [2.24, 2.45) is 0 Å². The molecule has 0 saturated carbocycles. The van der Waals surface area contributed by atoms with E-state index in [1.165, 1.54) is 0 Å². The summed E-state index contributed by atoms with van der Waals surface area (Å²) in [4.78, 5) is 12.6. The van der Waals surface area contributed by atoms with Crippen molar-refractivity contribution in [1.29, 1.82) is 0 Å². The van der Waals surface area contributed by atoms with Gasteiger partial charge >= 0.3 is 5.97 Å². The van der Waals surface area contributed by atoms with Crippen molar-refractivity contribution in [2.75, 3.05) is 26.3 Å². The van der Waals surface area contributed by atoms with Gasteiger partial charge < -0.3 is 9.84 Å². The van der Waals surface area contributed by atoms with Crippen LogP contribution in [0.3, 0.4) is 0 Å². The summed E-state index contributed by atoms with van der Waals surface area (Å²) in [6, 6.07) is 0.331. The van der Waals surface area contributed by atoms with Crippen molar-refractivity contribution >= 4 is 5.97 Å². The van der Waals surface area contributed by atoms with Crippen LogP contribution in [0.15, 0.2) is 12.7 Å². The van der Waals surface area contributed by atoms with Gasteiger partial charge in [-0.3, -0.25) is 9.69 Å². The molecule has 0 aromatic carbocycles. The van der Waals surface area contributed by atoms with Gasteiger partial charge in [0.15, 0.2) is 0 Å². The summed E-state index contributed by atoms with van der Waals surface area (Å²) in [7, 11) is 0. The number of ether oxygens (including phenoxy) is 1. The third-order valence-corrected chi connectivity index (χ3v) is 2.41. The molecular formula is C10H17NO3. The number of rotatable bonds is 5. The maximum absolute atomic E-state index is 10.6. The van der Waals surface area contributed by atoms with Gasteiger partial charge in [0.05, 0.1) is 6.54 Å². The Labute approximate surface area is 84.2 Å². The molecule has 1 aliphatic rings. The molecule has 0 aliphatic carbocycles. The van der Waals surface area contributed by atoms with E-state index in [4.69, 9.17) is 9.84 Å². The van der Waals surface area contributed by atoms with Gasteiger partial charge in [-0.25, -0.2) is 0 Å². The lowest BCUT2D eigenvalue weighted by Gasteiger charge is -2.32. The normalized spacial score (nSPS) is 18.4. The van der Waals surface area contributed by atoms with Crippen LogP contribution < -0.4 is 0 Å². The molecule has 80 valence electrons. The Morgan fingerprint density at radius 3 is 2.71 bits per heavy atom. The fourth-order valence-corrected chi connectivity index (χ4v) is 1.73. The molecule has 0 bridgehead atoms. The van der Waals surface area contributed by atoms with Crippen LogP contribution in [-0.2, 0) is 9.53 Å². The lowest BCUT2D eigenvalue weighted by Crippen LogP contribution is -2.42. The van der Waals surface area contributed by atoms with Crippen LogP contribution in [0.5, 0.6) is 0 Å². The maximum Gasteiger partial charge on any atom is 0.317 e. The van der Waals surface area contributed by atoms with E-state index in [0.29, 0.717) is 12.6 Å². The summed E-state index contributed by atoms with van der Waals surface area (Å²) in [6.07, 6.45) is 3.58. The SMILES string of the molecule is C=CCN(CC(=O)O)C1CCOCC1. The van der Waals surface area contributed by atoms with Gasteiger partial charge in [0.2, 0.25) is 0 Å². The second-order valence-electron chi connectivity index (χ2n) is 3.46. The molecule has 0 amide bonds. The molecule has 1 N–H and O–H groups in total. The van der Waals surface area contributed by atoms with E-state index in [0.717, 1.165) is 26.1 Å². The standard InChI is InChI=1S/C10H17NO3/c1-2-5-11(8-10(12)13)9-3-6-14-7-4-9/h2,9H,1,3-8H2,(H,12,13). The fourth-order valence-electron chi connectivity index (χ4n) is 1.73. The number of carboxylic acid groups (broad SMARTS) is 1. The monoisotopic (exact) mass is 199 g/mol. The quantitative estimate of drug-likeness (QED) is 0.663. The van der Waals surface area contributed by atoms with E-state index in [9.17, 15) is 4.79 Å². The van der Waals surface area contributed by atoms with Crippen molar-refractivity contribution < 1.29 is 14.6 Å². The molecular weight excluding hydrogens is 182 g/mol. The molecule has 0 aromatic heterocycles. The molecule has 0 spiro atoms. The molecule has 0 unspecified atom stereocenters. The first kappa shape index (κ1) is 11.2. The van der Waals surface area contributed by atoms with E-state index in [1.54, 1.807) is 6.08 Å². The smallest absolute Gasteiger partial charge is 0.317 e. The van der Waals surface area contributed by atoms with Gasteiger partial charge in [0.1, 0.15) is 0 Å². The number of hydrogen-bond acceptors (Lipinski definition) is 3. The summed E-state index contributed by atoms with van der Waals surface area (Å²) in [5.74, 6) is -0.779. The summed E-state index contributed by atoms with van der Waals surface area (Å²) in [5, 5.41) is 8.73. The Hall–Kier alpha value is -0.870. The van der Waals surface area contributed by atoms with Gasteiger partial charge in [-0.2, -0.15) is 0 Å². The molecule has 1 saturated heterocycles. The molecule has 0 atom stereocenters. The zero-order valence-electron chi connectivity index (χ0n) is 8.32. The van der Waals surface area contributed by atoms with Gasteiger partial charge in [-0.15, -0.1) is 6.58 Å². The third kappa shape index (κ3) is 3.47. The summed E-state index contributed by atoms with van der Waals surface area (Å²) in [5.41, 5.74) is 0. The second-order valence-corrected chi connectivity index (χ2v) is 3.46. The van der Waals surface area contributed by atoms with E-state index >= 15 is 0 Å². The zero-order valence-corrected chi connectivity index (χ0v) is 8.32. The molecule has 4 nitrogen and oxygen atoms in total. The van der Waals surface area contributed by atoms with Crippen LogP contribution in [0.2, 0.25) is 0 Å². The molecule has 4 heteroatoms. The molecule has 1 rings (SSSR count). The molecule has 0 aromatic rings. The lowest BCUT2D eigenvalue weighted by molar-refractivity contribution is -0.139. The van der Waals surface area contributed by atoms with Gasteiger partial charge in [-0.1, -0.05) is 6.08 Å². The van der Waals surface area contributed by atoms with E-state index in [2.05, 4.69) is 6.58 Å². The fraction of sp³-hybridized carbons (Fsp3) is 0.700. The van der Waals surface area contributed by atoms with Crippen LogP contribution in [-0.4, -0.2) is 48.3 Å². The highest BCUT2D eigenvalue weighted by molar-refractivity contribution is 5.69. The number of nitrogens with zero attached hydrogens (tertiary/aromatic N) is 1. The number of hydrogen-bond donors (Lipinski definition) is 1. The van der Waals surface area contributed by atoms with E-state index in [-0.39, 0.29) is 6.54 Å². The van der Waals surface area contributed by atoms with Crippen molar-refractivity contribution in [1.82, 2.24) is 4.90 Å². The number of carboxylic acids is 1. The topological polar surface area (TPSA) is 49.8 Å². The number of carbonyl (C=O) groups is 1. The summed E-state index contributed by atoms with van der Waals surface area (Å²) >= 11 is 0. The highest BCUT2D eigenvalue weighted by atomic mass is 16.5. The average molecular weight is 199 g/mol. The maximum atomic E-state index is 10.6. The van der Waals surface area contributed by atoms with Gasteiger partial charge in [0, 0.05) is 25.8 Å². The van der Waals surface area contributed by atoms with Gasteiger partial charge in [0.25, 0.3) is 0 Å². The van der Waals surface area contributed by atoms with Crippen LogP contribution in [0, 0.1) is 0 Å². The Morgan fingerprint density at radius 2 is 2.21 bits per heavy atom. The molecule has 1 heterocycles. The Morgan fingerprint density at radius 1 is 1.57 bits per heavy atom. The van der Waals surface area contributed by atoms with Crippen molar-refractivity contribution in [3.63, 3.8) is 0 Å². The zero-order chi connectivity index (χ0) is 10.4. The summed E-state index contributed by atoms with van der Waals surface area (Å²) < 4.78 is 5.23. The first-order valence-electron chi connectivity index (χ1n) is 4.88. The van der Waals surface area contributed by atoms with Gasteiger partial charge in [-0.05, 0) is 12.8 Å². The largest absolute Gasteiger partial charge is 0.480 e. The molecule has 1 fully saturated rings. The Bertz CT molecular complexity index is 200. The third-order valence-electron chi connectivity index (χ3n) is 2.41. The highest BCUT2D eigenvalue weighted by Crippen LogP contribution is 2.13. The van der Waals surface area contributed by atoms with E-state index in [1.807, 2.05) is 4.90 Å². The van der Waals surface area contributed by atoms with Crippen LogP contribution in [0.25, 0.3) is 0 Å². The molecule has 1 aliphatic heterocycles. The first-order chi connectivity index (χ1) is 6.74. The minimum absolute atomic E-state index is 0.0939. The average Bonchev–Trinajstić information content (AvgIpc) is 2.18. The van der Waals surface area contributed by atoms with Crippen LogP contribution in [0.4, 0.5) is 0 Å². The van der Waals surface area contributed by atoms with E-state index < -0.39 is 5.97 Å². The highest BCUT2D eigenvalue weighted by Gasteiger charge is 2.21. The minimum atomic E-state index is -0.779. The van der Waals surface area contributed by atoms with Crippen LogP contribution in [0.1, 0.15) is 12.8 Å². The molecule has 0 radical (unpaired) electrons. The first-order valence-corrected chi connectivity index (χ1v) is 4.88. The predicted molar refractivity (Wildman–Crippen MR) is 53.2 cm³/mol.